The van der Waals surface area contributed by atoms with Gasteiger partial charge in [0.25, 0.3) is 0 Å². The summed E-state index contributed by atoms with van der Waals surface area (Å²) in [6.07, 6.45) is 3.78. The Labute approximate surface area is 94.9 Å². The Morgan fingerprint density at radius 3 is 2.88 bits per heavy atom. The molecular formula is C9H6ClN3O3. The molecule has 7 heteroatoms. The standard InChI is InChI=1S/C9H6ClN3O3/c10-8-5(1-7(14)15)2-11-9(13-8)6-3-16-4-12-6/h2-4H,1H2,(H,14,15). The van der Waals surface area contributed by atoms with E-state index in [2.05, 4.69) is 15.0 Å². The maximum Gasteiger partial charge on any atom is 0.307 e. The van der Waals surface area contributed by atoms with Crippen LogP contribution in [0.15, 0.2) is 23.3 Å². The third-order valence-corrected chi connectivity index (χ3v) is 2.14. The van der Waals surface area contributed by atoms with Gasteiger partial charge < -0.3 is 9.52 Å². The van der Waals surface area contributed by atoms with Gasteiger partial charge in [-0.25, -0.2) is 15.0 Å². The molecule has 2 aromatic rings. The van der Waals surface area contributed by atoms with E-state index < -0.39 is 5.97 Å². The number of hydrogen-bond donors (Lipinski definition) is 1. The van der Waals surface area contributed by atoms with Crippen molar-refractivity contribution in [3.63, 3.8) is 0 Å². The number of carboxylic acids is 1. The van der Waals surface area contributed by atoms with Crippen molar-refractivity contribution in [3.05, 3.63) is 29.6 Å². The number of aromatic nitrogens is 3. The molecule has 2 rings (SSSR count). The zero-order valence-corrected chi connectivity index (χ0v) is 8.68. The van der Waals surface area contributed by atoms with Gasteiger partial charge in [-0.15, -0.1) is 0 Å². The Morgan fingerprint density at radius 1 is 1.50 bits per heavy atom. The first-order valence-electron chi connectivity index (χ1n) is 4.28. The summed E-state index contributed by atoms with van der Waals surface area (Å²) in [4.78, 5) is 22.2. The van der Waals surface area contributed by atoms with Gasteiger partial charge >= 0.3 is 5.97 Å². The Kier molecular flexibility index (Phi) is 2.82. The van der Waals surface area contributed by atoms with Gasteiger partial charge in [0.15, 0.2) is 12.2 Å². The first-order valence-corrected chi connectivity index (χ1v) is 4.66. The summed E-state index contributed by atoms with van der Waals surface area (Å²) in [6, 6.07) is 0. The second-order valence-electron chi connectivity index (χ2n) is 2.95. The van der Waals surface area contributed by atoms with E-state index in [0.717, 1.165) is 0 Å². The van der Waals surface area contributed by atoms with Crippen LogP contribution in [0.25, 0.3) is 11.5 Å². The van der Waals surface area contributed by atoms with E-state index in [-0.39, 0.29) is 11.6 Å². The van der Waals surface area contributed by atoms with Gasteiger partial charge in [0.2, 0.25) is 0 Å². The van der Waals surface area contributed by atoms with Crippen molar-refractivity contribution >= 4 is 17.6 Å². The summed E-state index contributed by atoms with van der Waals surface area (Å²) in [6.45, 7) is 0. The number of oxazole rings is 1. The van der Waals surface area contributed by atoms with Crippen molar-refractivity contribution in [2.75, 3.05) is 0 Å². The average molecular weight is 240 g/mol. The minimum absolute atomic E-state index is 0.107. The average Bonchev–Trinajstić information content (AvgIpc) is 2.73. The predicted octanol–water partition coefficient (Wildman–Crippen LogP) is 1.41. The van der Waals surface area contributed by atoms with Crippen LogP contribution < -0.4 is 0 Å². The number of rotatable bonds is 3. The fourth-order valence-electron chi connectivity index (χ4n) is 1.11. The van der Waals surface area contributed by atoms with Crippen molar-refractivity contribution in [1.82, 2.24) is 15.0 Å². The number of carboxylic acid groups (broad SMARTS) is 1. The van der Waals surface area contributed by atoms with Crippen LogP contribution >= 0.6 is 11.6 Å². The molecule has 16 heavy (non-hydrogen) atoms. The Balaban J connectivity index is 2.33. The third kappa shape index (κ3) is 2.17. The van der Waals surface area contributed by atoms with Gasteiger partial charge in [-0.3, -0.25) is 4.79 Å². The molecule has 0 radical (unpaired) electrons. The Morgan fingerprint density at radius 2 is 2.31 bits per heavy atom. The van der Waals surface area contributed by atoms with Crippen LogP contribution in [0.1, 0.15) is 5.56 Å². The lowest BCUT2D eigenvalue weighted by molar-refractivity contribution is -0.136. The highest BCUT2D eigenvalue weighted by atomic mass is 35.5. The second-order valence-corrected chi connectivity index (χ2v) is 3.31. The fraction of sp³-hybridized carbons (Fsp3) is 0.111. The molecular weight excluding hydrogens is 234 g/mol. The lowest BCUT2D eigenvalue weighted by Gasteiger charge is -2.00. The van der Waals surface area contributed by atoms with Gasteiger partial charge in [0, 0.05) is 11.8 Å². The van der Waals surface area contributed by atoms with E-state index in [1.165, 1.54) is 18.9 Å². The van der Waals surface area contributed by atoms with Crippen LogP contribution in [0.2, 0.25) is 5.15 Å². The van der Waals surface area contributed by atoms with E-state index in [9.17, 15) is 4.79 Å². The monoisotopic (exact) mass is 239 g/mol. The molecule has 1 N–H and O–H groups in total. The van der Waals surface area contributed by atoms with Gasteiger partial charge in [0.1, 0.15) is 17.1 Å². The van der Waals surface area contributed by atoms with E-state index in [4.69, 9.17) is 21.1 Å². The zero-order chi connectivity index (χ0) is 11.5. The molecule has 0 aliphatic carbocycles. The number of halogens is 1. The molecule has 0 aromatic carbocycles. The largest absolute Gasteiger partial charge is 0.481 e. The maximum absolute atomic E-state index is 10.5. The van der Waals surface area contributed by atoms with E-state index in [1.807, 2.05) is 0 Å². The zero-order valence-electron chi connectivity index (χ0n) is 7.92. The molecule has 0 aliphatic heterocycles. The lowest BCUT2D eigenvalue weighted by Crippen LogP contribution is -2.03. The SMILES string of the molecule is O=C(O)Cc1cnc(-c2cocn2)nc1Cl. The molecule has 0 amide bonds. The van der Waals surface area contributed by atoms with Gasteiger partial charge in [-0.1, -0.05) is 11.6 Å². The highest BCUT2D eigenvalue weighted by Gasteiger charge is 2.11. The van der Waals surface area contributed by atoms with Crippen molar-refractivity contribution in [2.24, 2.45) is 0 Å². The number of nitrogens with zero attached hydrogens (tertiary/aromatic N) is 3. The van der Waals surface area contributed by atoms with Crippen molar-refractivity contribution in [2.45, 2.75) is 6.42 Å². The molecule has 0 fully saturated rings. The second kappa shape index (κ2) is 4.28. The normalized spacial score (nSPS) is 10.3. The maximum atomic E-state index is 10.5. The molecule has 0 atom stereocenters. The third-order valence-electron chi connectivity index (χ3n) is 1.81. The van der Waals surface area contributed by atoms with E-state index >= 15 is 0 Å². The Hall–Kier alpha value is -1.95. The van der Waals surface area contributed by atoms with Gasteiger partial charge in [0.05, 0.1) is 6.42 Å². The molecule has 0 bridgehead atoms. The Bertz CT molecular complexity index is 513. The van der Waals surface area contributed by atoms with Crippen LogP contribution in [0.4, 0.5) is 0 Å². The molecule has 2 heterocycles. The first kappa shape index (κ1) is 10.6. The molecule has 0 aliphatic rings. The van der Waals surface area contributed by atoms with Crippen LogP contribution in [-0.2, 0) is 11.2 Å². The summed E-state index contributed by atoms with van der Waals surface area (Å²) in [5.74, 6) is -0.687. The molecule has 0 saturated heterocycles. The van der Waals surface area contributed by atoms with Crippen LogP contribution in [0.5, 0.6) is 0 Å². The highest BCUT2D eigenvalue weighted by Crippen LogP contribution is 2.18. The highest BCUT2D eigenvalue weighted by molar-refractivity contribution is 6.30. The fourth-order valence-corrected chi connectivity index (χ4v) is 1.31. The van der Waals surface area contributed by atoms with Crippen LogP contribution in [0, 0.1) is 0 Å². The lowest BCUT2D eigenvalue weighted by atomic mass is 10.2. The summed E-state index contributed by atoms with van der Waals surface area (Å²) >= 11 is 5.82. The summed E-state index contributed by atoms with van der Waals surface area (Å²) in [7, 11) is 0. The smallest absolute Gasteiger partial charge is 0.307 e. The molecule has 0 saturated carbocycles. The summed E-state index contributed by atoms with van der Waals surface area (Å²) in [5.41, 5.74) is 0.810. The number of hydrogen-bond acceptors (Lipinski definition) is 5. The van der Waals surface area contributed by atoms with Gasteiger partial charge in [-0.2, -0.15) is 0 Å². The number of carbonyl (C=O) groups is 1. The molecule has 0 spiro atoms. The van der Waals surface area contributed by atoms with Crippen molar-refractivity contribution < 1.29 is 14.3 Å². The van der Waals surface area contributed by atoms with Crippen molar-refractivity contribution in [1.29, 1.82) is 0 Å². The topological polar surface area (TPSA) is 89.1 Å². The minimum Gasteiger partial charge on any atom is -0.481 e. The first-order chi connectivity index (χ1) is 7.66. The molecule has 2 aromatic heterocycles. The minimum atomic E-state index is -0.986. The van der Waals surface area contributed by atoms with Crippen LogP contribution in [-0.4, -0.2) is 26.0 Å². The van der Waals surface area contributed by atoms with E-state index in [1.54, 1.807) is 0 Å². The van der Waals surface area contributed by atoms with Crippen LogP contribution in [0.3, 0.4) is 0 Å². The quantitative estimate of drug-likeness (QED) is 0.815. The molecule has 82 valence electrons. The van der Waals surface area contributed by atoms with Crippen molar-refractivity contribution in [3.8, 4) is 11.5 Å². The molecule has 6 nitrogen and oxygen atoms in total. The summed E-state index contributed by atoms with van der Waals surface area (Å²) < 4.78 is 4.78. The summed E-state index contributed by atoms with van der Waals surface area (Å²) in [5, 5.41) is 8.71. The molecule has 0 unspecified atom stereocenters. The van der Waals surface area contributed by atoms with Gasteiger partial charge in [-0.05, 0) is 0 Å². The van der Waals surface area contributed by atoms with E-state index in [0.29, 0.717) is 17.1 Å². The predicted molar refractivity (Wildman–Crippen MR) is 53.9 cm³/mol. The number of aliphatic carboxylic acids is 1.